The van der Waals surface area contributed by atoms with E-state index in [0.717, 1.165) is 6.34 Å². The number of rotatable bonds is 0. The van der Waals surface area contributed by atoms with Gasteiger partial charge in [-0.2, -0.15) is 4.40 Å². The van der Waals surface area contributed by atoms with Crippen LogP contribution in [0.2, 0.25) is 0 Å². The highest BCUT2D eigenvalue weighted by atomic mass is 32.2. The van der Waals surface area contributed by atoms with E-state index in [-0.39, 0.29) is 0 Å². The third-order valence-corrected chi connectivity index (χ3v) is 1.81. The number of amides is 1. The lowest BCUT2D eigenvalue weighted by Crippen LogP contribution is -2.33. The van der Waals surface area contributed by atoms with Crippen LogP contribution >= 0.6 is 0 Å². The highest BCUT2D eigenvalue weighted by molar-refractivity contribution is 7.91. The molecule has 0 aromatic heterocycles. The fourth-order valence-corrected chi connectivity index (χ4v) is 1.13. The number of carbonyl (C=O) groups is 1. The number of sulfonamides is 1. The van der Waals surface area contributed by atoms with E-state index in [0.29, 0.717) is 0 Å². The van der Waals surface area contributed by atoms with Crippen LogP contribution in [0.15, 0.2) is 4.40 Å². The predicted molar refractivity (Wildman–Crippen MR) is 30.4 cm³/mol. The predicted octanol–water partition coefficient (Wildman–Crippen LogP) is -1.53. The van der Waals surface area contributed by atoms with Crippen molar-refractivity contribution in [1.82, 2.24) is 5.32 Å². The Morgan fingerprint density at radius 3 is 2.67 bits per heavy atom. The lowest BCUT2D eigenvalue weighted by atomic mass is 10.7. The van der Waals surface area contributed by atoms with Crippen molar-refractivity contribution in [1.29, 1.82) is 0 Å². The van der Waals surface area contributed by atoms with E-state index in [2.05, 4.69) is 9.71 Å². The second-order valence-corrected chi connectivity index (χ2v) is 3.19. The summed E-state index contributed by atoms with van der Waals surface area (Å²) < 4.78 is 23.8. The molecule has 0 aromatic rings. The van der Waals surface area contributed by atoms with Gasteiger partial charge in [0.25, 0.3) is 10.0 Å². The summed E-state index contributed by atoms with van der Waals surface area (Å²) >= 11 is 0. The number of hydrogen-bond donors (Lipinski definition) is 1. The minimum Gasteiger partial charge on any atom is -0.315 e. The van der Waals surface area contributed by atoms with Crippen LogP contribution in [0.25, 0.3) is 0 Å². The Kier molecular flexibility index (Phi) is 1.24. The largest absolute Gasteiger partial charge is 0.315 e. The van der Waals surface area contributed by atoms with Crippen molar-refractivity contribution in [3.8, 4) is 0 Å². The average Bonchev–Trinajstić information content (AvgIpc) is 1.60. The van der Waals surface area contributed by atoms with E-state index in [9.17, 15) is 13.2 Å². The van der Waals surface area contributed by atoms with Crippen LogP contribution in [0.4, 0.5) is 0 Å². The molecule has 0 saturated carbocycles. The van der Waals surface area contributed by atoms with Gasteiger partial charge in [-0.1, -0.05) is 0 Å². The van der Waals surface area contributed by atoms with E-state index >= 15 is 0 Å². The van der Waals surface area contributed by atoms with Gasteiger partial charge in [0.2, 0.25) is 5.91 Å². The molecule has 1 N–H and O–H groups in total. The second-order valence-electron chi connectivity index (χ2n) is 1.53. The summed E-state index contributed by atoms with van der Waals surface area (Å²) in [5, 5.41) is 2.13. The molecule has 6 heteroatoms. The topological polar surface area (TPSA) is 75.6 Å². The molecule has 50 valence electrons. The molecule has 9 heavy (non-hydrogen) atoms. The highest BCUT2D eigenvalue weighted by Gasteiger charge is 2.17. The fraction of sp³-hybridized carbons (Fsp3) is 0.333. The van der Waals surface area contributed by atoms with Gasteiger partial charge in [-0.25, -0.2) is 8.42 Å². The molecule has 5 nitrogen and oxygen atoms in total. The van der Waals surface area contributed by atoms with Gasteiger partial charge in [-0.15, -0.1) is 0 Å². The third-order valence-electron chi connectivity index (χ3n) is 0.752. The van der Waals surface area contributed by atoms with E-state index in [1.165, 1.54) is 0 Å². The molecule has 0 aromatic carbocycles. The van der Waals surface area contributed by atoms with Crippen molar-refractivity contribution in [2.75, 3.05) is 5.75 Å². The third kappa shape index (κ3) is 1.49. The van der Waals surface area contributed by atoms with Gasteiger partial charge >= 0.3 is 0 Å². The molecule has 0 unspecified atom stereocenters. The molecule has 1 aliphatic heterocycles. The lowest BCUT2D eigenvalue weighted by molar-refractivity contribution is -0.117. The number of carbonyl (C=O) groups excluding carboxylic acids is 1. The van der Waals surface area contributed by atoms with Crippen LogP contribution < -0.4 is 5.32 Å². The van der Waals surface area contributed by atoms with E-state index in [1.807, 2.05) is 0 Å². The first-order valence-electron chi connectivity index (χ1n) is 2.16. The van der Waals surface area contributed by atoms with E-state index < -0.39 is 21.7 Å². The smallest absolute Gasteiger partial charge is 0.263 e. The standard InChI is InChI=1S/C3H4N2O3S/c6-3-1-9(7,8)5-2-4-3/h2H,1H2,(H,4,5,6). The summed E-state index contributed by atoms with van der Waals surface area (Å²) in [5.74, 6) is -1.08. The van der Waals surface area contributed by atoms with Crippen LogP contribution in [0, 0.1) is 0 Å². The molecular weight excluding hydrogens is 144 g/mol. The minimum absolute atomic E-state index is 0.537. The summed E-state index contributed by atoms with van der Waals surface area (Å²) in [5.41, 5.74) is 0. The lowest BCUT2D eigenvalue weighted by Gasteiger charge is -2.02. The van der Waals surface area contributed by atoms with Crippen molar-refractivity contribution >= 4 is 22.3 Å². The van der Waals surface area contributed by atoms with Crippen LogP contribution in [0.5, 0.6) is 0 Å². The number of hydrogen-bond acceptors (Lipinski definition) is 3. The Morgan fingerprint density at radius 1 is 1.67 bits per heavy atom. The van der Waals surface area contributed by atoms with Crippen molar-refractivity contribution in [3.63, 3.8) is 0 Å². The SMILES string of the molecule is O=C1CS(=O)(=O)N=CN1. The molecule has 1 amide bonds. The first-order chi connectivity index (χ1) is 4.10. The summed E-state index contributed by atoms with van der Waals surface area (Å²) in [6.07, 6.45) is 0.876. The van der Waals surface area contributed by atoms with E-state index in [4.69, 9.17) is 0 Å². The van der Waals surface area contributed by atoms with Gasteiger partial charge in [0.05, 0.1) is 0 Å². The van der Waals surface area contributed by atoms with Crippen LogP contribution in [-0.4, -0.2) is 26.4 Å². The Hall–Kier alpha value is -0.910. The van der Waals surface area contributed by atoms with Crippen molar-refractivity contribution in [2.45, 2.75) is 0 Å². The van der Waals surface area contributed by atoms with Gasteiger partial charge in [0.1, 0.15) is 6.34 Å². The van der Waals surface area contributed by atoms with Crippen LogP contribution in [0.1, 0.15) is 0 Å². The van der Waals surface area contributed by atoms with Gasteiger partial charge in [0, 0.05) is 0 Å². The molecule has 0 radical (unpaired) electrons. The normalized spacial score (nSPS) is 23.3. The monoisotopic (exact) mass is 148 g/mol. The molecule has 1 rings (SSSR count). The van der Waals surface area contributed by atoms with Crippen molar-refractivity contribution < 1.29 is 13.2 Å². The highest BCUT2D eigenvalue weighted by Crippen LogP contribution is 1.92. The first-order valence-corrected chi connectivity index (χ1v) is 3.77. The second kappa shape index (κ2) is 1.80. The zero-order valence-corrected chi connectivity index (χ0v) is 5.18. The van der Waals surface area contributed by atoms with Crippen molar-refractivity contribution in [3.05, 3.63) is 0 Å². The summed E-state index contributed by atoms with van der Waals surface area (Å²) in [7, 11) is -3.47. The molecule has 0 aliphatic carbocycles. The van der Waals surface area contributed by atoms with Crippen LogP contribution in [0.3, 0.4) is 0 Å². The quantitative estimate of drug-likeness (QED) is 0.453. The summed E-state index contributed by atoms with van der Waals surface area (Å²) in [6, 6.07) is 0. The maximum Gasteiger partial charge on any atom is 0.263 e. The molecule has 1 aliphatic rings. The average molecular weight is 148 g/mol. The zero-order chi connectivity index (χ0) is 6.91. The maximum absolute atomic E-state index is 10.4. The maximum atomic E-state index is 10.4. The Bertz CT molecular complexity index is 252. The van der Waals surface area contributed by atoms with Crippen LogP contribution in [-0.2, 0) is 14.8 Å². The molecule has 0 spiro atoms. The van der Waals surface area contributed by atoms with Gasteiger partial charge < -0.3 is 5.32 Å². The molecule has 0 saturated heterocycles. The Labute approximate surface area is 51.8 Å². The minimum atomic E-state index is -3.47. The zero-order valence-electron chi connectivity index (χ0n) is 4.36. The number of nitrogens with zero attached hydrogens (tertiary/aromatic N) is 1. The Balaban J connectivity index is 2.97. The van der Waals surface area contributed by atoms with Gasteiger partial charge in [0.15, 0.2) is 5.75 Å². The first kappa shape index (κ1) is 6.21. The molecular formula is C3H4N2O3S. The molecule has 1 heterocycles. The van der Waals surface area contributed by atoms with E-state index in [1.54, 1.807) is 0 Å². The summed E-state index contributed by atoms with van der Waals surface area (Å²) in [4.78, 5) is 10.3. The Morgan fingerprint density at radius 2 is 2.33 bits per heavy atom. The molecule has 0 fully saturated rings. The molecule has 0 bridgehead atoms. The van der Waals surface area contributed by atoms with Crippen molar-refractivity contribution in [2.24, 2.45) is 4.40 Å². The van der Waals surface area contributed by atoms with Gasteiger partial charge in [-0.3, -0.25) is 4.79 Å². The molecule has 0 atom stereocenters. The summed E-state index contributed by atoms with van der Waals surface area (Å²) in [6.45, 7) is 0. The fourth-order valence-electron chi connectivity index (χ4n) is 0.423. The van der Waals surface area contributed by atoms with Gasteiger partial charge in [-0.05, 0) is 0 Å². The number of nitrogens with one attached hydrogen (secondary N) is 1.